The van der Waals surface area contributed by atoms with E-state index in [1.807, 2.05) is 19.1 Å². The minimum Gasteiger partial charge on any atom is -0.389 e. The second-order valence-corrected chi connectivity index (χ2v) is 7.15. The summed E-state index contributed by atoms with van der Waals surface area (Å²) < 4.78 is 13.0. The van der Waals surface area contributed by atoms with Gasteiger partial charge in [0, 0.05) is 37.9 Å². The summed E-state index contributed by atoms with van der Waals surface area (Å²) in [7, 11) is 0. The number of piperidine rings is 2. The zero-order valence-corrected chi connectivity index (χ0v) is 14.1. The first-order valence-electron chi connectivity index (χ1n) is 8.74. The number of rotatable bonds is 3. The van der Waals surface area contributed by atoms with Crippen molar-refractivity contribution in [2.24, 2.45) is 5.92 Å². The van der Waals surface area contributed by atoms with Crippen LogP contribution in [0.25, 0.3) is 0 Å². The van der Waals surface area contributed by atoms with Gasteiger partial charge in [0.25, 0.3) is 0 Å². The van der Waals surface area contributed by atoms with Crippen LogP contribution in [-0.4, -0.2) is 70.8 Å². The predicted molar refractivity (Wildman–Crippen MR) is 90.4 cm³/mol. The molecule has 24 heavy (non-hydrogen) atoms. The van der Waals surface area contributed by atoms with Crippen LogP contribution in [0, 0.1) is 11.7 Å². The number of likely N-dealkylation sites (tertiary alicyclic amines) is 1. The van der Waals surface area contributed by atoms with E-state index in [1.165, 1.54) is 12.1 Å². The van der Waals surface area contributed by atoms with E-state index in [4.69, 9.17) is 0 Å². The Morgan fingerprint density at radius 1 is 1.04 bits per heavy atom. The summed E-state index contributed by atoms with van der Waals surface area (Å²) in [5, 5.41) is 29.7. The highest BCUT2D eigenvalue weighted by Gasteiger charge is 2.39. The van der Waals surface area contributed by atoms with Gasteiger partial charge in [0.2, 0.25) is 0 Å². The molecule has 134 valence electrons. The number of nitrogens with zero attached hydrogens (tertiary/aromatic N) is 2. The monoisotopic (exact) mass is 338 g/mol. The van der Waals surface area contributed by atoms with Crippen LogP contribution in [0.4, 0.5) is 10.1 Å². The van der Waals surface area contributed by atoms with Gasteiger partial charge in [-0.3, -0.25) is 4.90 Å². The summed E-state index contributed by atoms with van der Waals surface area (Å²) in [4.78, 5) is 4.35. The molecule has 0 aromatic heterocycles. The van der Waals surface area contributed by atoms with Gasteiger partial charge < -0.3 is 20.2 Å². The molecule has 0 radical (unpaired) electrons. The van der Waals surface area contributed by atoms with Gasteiger partial charge in [-0.25, -0.2) is 4.39 Å². The van der Waals surface area contributed by atoms with Crippen molar-refractivity contribution in [3.05, 3.63) is 30.1 Å². The Morgan fingerprint density at radius 3 is 2.29 bits per heavy atom. The lowest BCUT2D eigenvalue weighted by Crippen LogP contribution is -2.61. The van der Waals surface area contributed by atoms with E-state index in [0.717, 1.165) is 38.2 Å². The smallest absolute Gasteiger partial charge is 0.123 e. The van der Waals surface area contributed by atoms with Crippen LogP contribution in [0.2, 0.25) is 0 Å². The first kappa shape index (κ1) is 17.6. The van der Waals surface area contributed by atoms with Crippen molar-refractivity contribution in [1.82, 2.24) is 4.90 Å². The molecule has 1 aromatic carbocycles. The molecule has 1 aromatic rings. The maximum atomic E-state index is 13.0. The summed E-state index contributed by atoms with van der Waals surface area (Å²) >= 11 is 0. The maximum Gasteiger partial charge on any atom is 0.123 e. The average Bonchev–Trinajstić information content (AvgIpc) is 2.59. The molecule has 2 aliphatic heterocycles. The van der Waals surface area contributed by atoms with E-state index in [-0.39, 0.29) is 11.9 Å². The Labute approximate surface area is 142 Å². The first-order chi connectivity index (χ1) is 11.5. The van der Waals surface area contributed by atoms with Gasteiger partial charge >= 0.3 is 0 Å². The molecule has 2 saturated heterocycles. The van der Waals surface area contributed by atoms with Gasteiger partial charge in [0.05, 0.1) is 12.2 Å². The molecule has 2 aliphatic rings. The molecule has 6 heteroatoms. The SMILES string of the molecule is C[C@@H]1[C@@H](O)[C@H](O)[C@@H](O)CN1CC1CCN(c2ccc(F)cc2)CC1. The number of benzene rings is 1. The Kier molecular flexibility index (Phi) is 5.39. The van der Waals surface area contributed by atoms with Crippen LogP contribution in [0.3, 0.4) is 0 Å². The second-order valence-electron chi connectivity index (χ2n) is 7.15. The van der Waals surface area contributed by atoms with Gasteiger partial charge in [-0.05, 0) is 49.9 Å². The first-order valence-corrected chi connectivity index (χ1v) is 8.74. The predicted octanol–water partition coefficient (Wildman–Crippen LogP) is 0.829. The summed E-state index contributed by atoms with van der Waals surface area (Å²) in [5.41, 5.74) is 1.05. The zero-order valence-electron chi connectivity index (χ0n) is 14.1. The van der Waals surface area contributed by atoms with Crippen molar-refractivity contribution in [2.75, 3.05) is 31.1 Å². The highest BCUT2D eigenvalue weighted by molar-refractivity contribution is 5.46. The molecule has 0 unspecified atom stereocenters. The number of hydrogen-bond donors (Lipinski definition) is 3. The molecule has 2 fully saturated rings. The van der Waals surface area contributed by atoms with Gasteiger partial charge in [0.1, 0.15) is 11.9 Å². The van der Waals surface area contributed by atoms with Gasteiger partial charge in [0.15, 0.2) is 0 Å². The highest BCUT2D eigenvalue weighted by atomic mass is 19.1. The topological polar surface area (TPSA) is 67.2 Å². The quantitative estimate of drug-likeness (QED) is 0.762. The minimum atomic E-state index is -1.06. The largest absolute Gasteiger partial charge is 0.389 e. The summed E-state index contributed by atoms with van der Waals surface area (Å²) in [6.07, 6.45) is -0.815. The normalized spacial score (nSPS) is 33.0. The van der Waals surface area contributed by atoms with Crippen molar-refractivity contribution >= 4 is 5.69 Å². The molecule has 0 bridgehead atoms. The fourth-order valence-electron chi connectivity index (χ4n) is 3.84. The molecule has 4 atom stereocenters. The molecular weight excluding hydrogens is 311 g/mol. The second kappa shape index (κ2) is 7.35. The summed E-state index contributed by atoms with van der Waals surface area (Å²) in [6, 6.07) is 6.46. The molecular formula is C18H27FN2O3. The molecule has 0 saturated carbocycles. The van der Waals surface area contributed by atoms with E-state index in [0.29, 0.717) is 12.5 Å². The fraction of sp³-hybridized carbons (Fsp3) is 0.667. The Bertz CT molecular complexity index is 534. The van der Waals surface area contributed by atoms with Crippen molar-refractivity contribution in [2.45, 2.75) is 44.1 Å². The third kappa shape index (κ3) is 3.72. The number of aliphatic hydroxyl groups excluding tert-OH is 3. The van der Waals surface area contributed by atoms with Crippen molar-refractivity contribution in [3.8, 4) is 0 Å². The lowest BCUT2D eigenvalue weighted by Gasteiger charge is -2.44. The lowest BCUT2D eigenvalue weighted by molar-refractivity contribution is -0.135. The van der Waals surface area contributed by atoms with E-state index >= 15 is 0 Å². The molecule has 3 N–H and O–H groups in total. The van der Waals surface area contributed by atoms with E-state index < -0.39 is 18.3 Å². The molecule has 0 spiro atoms. The summed E-state index contributed by atoms with van der Waals surface area (Å²) in [5.74, 6) is 0.283. The Hall–Kier alpha value is -1.21. The zero-order chi connectivity index (χ0) is 17.3. The summed E-state index contributed by atoms with van der Waals surface area (Å²) in [6.45, 7) is 4.96. The lowest BCUT2D eigenvalue weighted by atomic mass is 9.90. The van der Waals surface area contributed by atoms with Gasteiger partial charge in [-0.2, -0.15) is 0 Å². The van der Waals surface area contributed by atoms with E-state index in [9.17, 15) is 19.7 Å². The molecule has 0 amide bonds. The number of aliphatic hydroxyl groups is 3. The van der Waals surface area contributed by atoms with Crippen LogP contribution in [0.5, 0.6) is 0 Å². The minimum absolute atomic E-state index is 0.154. The van der Waals surface area contributed by atoms with Crippen molar-refractivity contribution in [1.29, 1.82) is 0 Å². The van der Waals surface area contributed by atoms with E-state index in [1.54, 1.807) is 0 Å². The highest BCUT2D eigenvalue weighted by Crippen LogP contribution is 2.26. The molecule has 3 rings (SSSR count). The number of halogens is 1. The number of hydrogen-bond acceptors (Lipinski definition) is 5. The average molecular weight is 338 g/mol. The van der Waals surface area contributed by atoms with Crippen LogP contribution < -0.4 is 4.90 Å². The van der Waals surface area contributed by atoms with Gasteiger partial charge in [-0.15, -0.1) is 0 Å². The standard InChI is InChI=1S/C18H27FN2O3/c1-12-17(23)18(24)16(22)11-21(12)10-13-6-8-20(9-7-13)15-4-2-14(19)3-5-15/h2-5,12-13,16-18,22-24H,6-11H2,1H3/t12-,16+,17-,18-/m1/s1. The number of β-amino-alcohol motifs (C(OH)–C–C–N with tert-alkyl or cyclic N) is 1. The molecule has 0 aliphatic carbocycles. The Morgan fingerprint density at radius 2 is 1.67 bits per heavy atom. The molecule has 5 nitrogen and oxygen atoms in total. The van der Waals surface area contributed by atoms with E-state index in [2.05, 4.69) is 9.80 Å². The maximum absolute atomic E-state index is 13.0. The molecule has 2 heterocycles. The van der Waals surface area contributed by atoms with Crippen LogP contribution in [-0.2, 0) is 0 Å². The van der Waals surface area contributed by atoms with Crippen LogP contribution >= 0.6 is 0 Å². The van der Waals surface area contributed by atoms with Crippen molar-refractivity contribution in [3.63, 3.8) is 0 Å². The Balaban J connectivity index is 1.53. The van der Waals surface area contributed by atoms with Crippen LogP contribution in [0.1, 0.15) is 19.8 Å². The third-order valence-corrected chi connectivity index (χ3v) is 5.53. The third-order valence-electron chi connectivity index (χ3n) is 5.53. The van der Waals surface area contributed by atoms with Crippen molar-refractivity contribution < 1.29 is 19.7 Å². The fourth-order valence-corrected chi connectivity index (χ4v) is 3.84. The van der Waals surface area contributed by atoms with Crippen LogP contribution in [0.15, 0.2) is 24.3 Å². The van der Waals surface area contributed by atoms with Gasteiger partial charge in [-0.1, -0.05) is 0 Å². The number of anilines is 1.